The van der Waals surface area contributed by atoms with Crippen molar-refractivity contribution in [1.29, 1.82) is 0 Å². The molecule has 3 aromatic carbocycles. The van der Waals surface area contributed by atoms with Gasteiger partial charge in [-0.1, -0.05) is 42.1 Å². The van der Waals surface area contributed by atoms with E-state index in [9.17, 15) is 4.79 Å². The molecule has 0 N–H and O–H groups in total. The highest BCUT2D eigenvalue weighted by Gasteiger charge is 2.39. The van der Waals surface area contributed by atoms with E-state index < -0.39 is 0 Å². The van der Waals surface area contributed by atoms with Crippen LogP contribution >= 0.6 is 23.5 Å². The third-order valence-electron chi connectivity index (χ3n) is 5.03. The Labute approximate surface area is 189 Å². The van der Waals surface area contributed by atoms with Crippen LogP contribution in [0, 0.1) is 0 Å². The van der Waals surface area contributed by atoms with Gasteiger partial charge in [0.25, 0.3) is 5.91 Å². The molecule has 1 fully saturated rings. The first-order valence-corrected chi connectivity index (χ1v) is 11.3. The molecule has 0 aromatic heterocycles. The Morgan fingerprint density at radius 2 is 1.58 bits per heavy atom. The van der Waals surface area contributed by atoms with Crippen LogP contribution in [0.2, 0.25) is 0 Å². The summed E-state index contributed by atoms with van der Waals surface area (Å²) in [5.41, 5.74) is 2.67. The lowest BCUT2D eigenvalue weighted by atomic mass is 10.3. The normalized spacial score (nSPS) is 19.3. The molecular formula is C24H19N3O2S2. The van der Waals surface area contributed by atoms with Crippen LogP contribution in [0.4, 0.5) is 17.1 Å². The number of methoxy groups -OCH3 is 1. The van der Waals surface area contributed by atoms with Gasteiger partial charge >= 0.3 is 0 Å². The van der Waals surface area contributed by atoms with Crippen molar-refractivity contribution in [2.75, 3.05) is 24.0 Å². The van der Waals surface area contributed by atoms with Crippen LogP contribution in [-0.4, -0.2) is 25.2 Å². The van der Waals surface area contributed by atoms with Crippen LogP contribution in [0.3, 0.4) is 0 Å². The average Bonchev–Trinajstić information content (AvgIpc) is 3.31. The largest absolute Gasteiger partial charge is 0.497 e. The minimum absolute atomic E-state index is 0.0642. The fraction of sp³-hybridized carbons (Fsp3) is 0.0833. The maximum Gasteiger partial charge on any atom is 0.274 e. The van der Waals surface area contributed by atoms with Crippen LogP contribution in [-0.2, 0) is 4.79 Å². The molecule has 5 nitrogen and oxygen atoms in total. The Morgan fingerprint density at radius 3 is 2.29 bits per heavy atom. The van der Waals surface area contributed by atoms with Crippen LogP contribution in [0.5, 0.6) is 5.75 Å². The van der Waals surface area contributed by atoms with Crippen molar-refractivity contribution in [3.05, 3.63) is 88.8 Å². The molecule has 2 heterocycles. The first-order valence-electron chi connectivity index (χ1n) is 9.70. The van der Waals surface area contributed by atoms with E-state index in [0.717, 1.165) is 32.7 Å². The summed E-state index contributed by atoms with van der Waals surface area (Å²) >= 11 is 3.03. The summed E-state index contributed by atoms with van der Waals surface area (Å²) in [5.74, 6) is 0.703. The van der Waals surface area contributed by atoms with Gasteiger partial charge in [0.15, 0.2) is 5.17 Å². The second kappa shape index (κ2) is 8.17. The molecule has 7 heteroatoms. The van der Waals surface area contributed by atoms with Gasteiger partial charge in [0.1, 0.15) is 10.7 Å². The number of anilines is 2. The van der Waals surface area contributed by atoms with Gasteiger partial charge in [-0.2, -0.15) is 0 Å². The molecule has 3 aromatic rings. The Balaban J connectivity index is 1.59. The fourth-order valence-electron chi connectivity index (χ4n) is 3.45. The number of amides is 1. The van der Waals surface area contributed by atoms with E-state index in [4.69, 9.17) is 9.73 Å². The fourth-order valence-corrected chi connectivity index (χ4v) is 5.80. The van der Waals surface area contributed by atoms with Crippen LogP contribution in [0.1, 0.15) is 0 Å². The monoisotopic (exact) mass is 445 g/mol. The Hall–Kier alpha value is -3.16. The summed E-state index contributed by atoms with van der Waals surface area (Å²) < 4.78 is 5.24. The summed E-state index contributed by atoms with van der Waals surface area (Å²) in [7, 11) is 3.64. The van der Waals surface area contributed by atoms with Gasteiger partial charge in [-0.25, -0.2) is 4.99 Å². The number of aliphatic imine (C=N–C) groups is 1. The van der Waals surface area contributed by atoms with Gasteiger partial charge in [-0.3, -0.25) is 9.69 Å². The molecule has 0 atom stereocenters. The van der Waals surface area contributed by atoms with Gasteiger partial charge < -0.3 is 9.64 Å². The Morgan fingerprint density at radius 1 is 0.871 bits per heavy atom. The lowest BCUT2D eigenvalue weighted by Crippen LogP contribution is -2.29. The molecule has 0 radical (unpaired) electrons. The van der Waals surface area contributed by atoms with E-state index in [0.29, 0.717) is 10.1 Å². The number of rotatable bonds is 3. The molecule has 154 valence electrons. The highest BCUT2D eigenvalue weighted by atomic mass is 32.2. The van der Waals surface area contributed by atoms with Crippen molar-refractivity contribution in [3.8, 4) is 5.75 Å². The molecule has 2 aliphatic rings. The Bertz CT molecular complexity index is 1210. The van der Waals surface area contributed by atoms with E-state index in [2.05, 4.69) is 17.0 Å². The molecule has 0 aliphatic carbocycles. The maximum atomic E-state index is 13.6. The first kappa shape index (κ1) is 19.8. The molecule has 2 aliphatic heterocycles. The van der Waals surface area contributed by atoms with E-state index in [-0.39, 0.29) is 5.91 Å². The zero-order chi connectivity index (χ0) is 21.4. The zero-order valence-electron chi connectivity index (χ0n) is 17.0. The zero-order valence-corrected chi connectivity index (χ0v) is 18.6. The Kier molecular flexibility index (Phi) is 5.21. The molecule has 1 amide bonds. The highest BCUT2D eigenvalue weighted by Crippen LogP contribution is 2.50. The van der Waals surface area contributed by atoms with Gasteiger partial charge in [0.2, 0.25) is 0 Å². The van der Waals surface area contributed by atoms with Crippen molar-refractivity contribution in [2.45, 2.75) is 4.90 Å². The second-order valence-electron chi connectivity index (χ2n) is 6.93. The smallest absolute Gasteiger partial charge is 0.274 e. The molecule has 0 bridgehead atoms. The molecule has 1 saturated heterocycles. The topological polar surface area (TPSA) is 45.1 Å². The van der Waals surface area contributed by atoms with E-state index >= 15 is 0 Å². The number of hydrogen-bond donors (Lipinski definition) is 0. The quantitative estimate of drug-likeness (QED) is 0.472. The lowest BCUT2D eigenvalue weighted by molar-refractivity contribution is -0.113. The molecule has 0 spiro atoms. The van der Waals surface area contributed by atoms with E-state index in [1.54, 1.807) is 23.8 Å². The predicted molar refractivity (Wildman–Crippen MR) is 129 cm³/mol. The van der Waals surface area contributed by atoms with Crippen LogP contribution in [0.15, 0.2) is 98.7 Å². The van der Waals surface area contributed by atoms with Crippen LogP contribution < -0.4 is 14.5 Å². The molecule has 5 rings (SSSR count). The van der Waals surface area contributed by atoms with Gasteiger partial charge in [-0.15, -0.1) is 0 Å². The summed E-state index contributed by atoms with van der Waals surface area (Å²) in [6.07, 6.45) is 0. The standard InChI is InChI=1S/C24H19N3O2S2/c1-26-19-10-6-7-11-20(19)30-23(26)21-22(28)27(17-8-4-3-5-9-17)24(31-21)25-16-12-14-18(29-2)15-13-16/h3-15H,1-2H3/b23-21+,25-24?. The van der Waals surface area contributed by atoms with Crippen molar-refractivity contribution in [2.24, 2.45) is 4.99 Å². The van der Waals surface area contributed by atoms with Gasteiger partial charge in [0.05, 0.1) is 29.2 Å². The maximum absolute atomic E-state index is 13.6. The van der Waals surface area contributed by atoms with Crippen molar-refractivity contribution < 1.29 is 9.53 Å². The average molecular weight is 446 g/mol. The molecule has 0 saturated carbocycles. The predicted octanol–water partition coefficient (Wildman–Crippen LogP) is 5.87. The number of thioether (sulfide) groups is 2. The number of amidine groups is 1. The molecule has 0 unspecified atom stereocenters. The summed E-state index contributed by atoms with van der Waals surface area (Å²) in [6.45, 7) is 0. The SMILES string of the molecule is COc1ccc(N=C2S/C(=C3/Sc4ccccc4N3C)C(=O)N2c2ccccc2)cc1. The first-order chi connectivity index (χ1) is 15.2. The minimum atomic E-state index is -0.0642. The number of hydrogen-bond acceptors (Lipinski definition) is 6. The minimum Gasteiger partial charge on any atom is -0.497 e. The number of benzene rings is 3. The summed E-state index contributed by atoms with van der Waals surface area (Å²) in [4.78, 5) is 24.0. The van der Waals surface area contributed by atoms with Crippen molar-refractivity contribution >= 4 is 51.7 Å². The summed E-state index contributed by atoms with van der Waals surface area (Å²) in [5, 5.41) is 1.56. The number of fused-ring (bicyclic) bond motifs is 1. The van der Waals surface area contributed by atoms with Gasteiger partial charge in [-0.05, 0) is 60.3 Å². The van der Waals surface area contributed by atoms with Crippen LogP contribution in [0.25, 0.3) is 0 Å². The molecule has 31 heavy (non-hydrogen) atoms. The number of ether oxygens (including phenoxy) is 1. The number of para-hydroxylation sites is 2. The lowest BCUT2D eigenvalue weighted by Gasteiger charge is -2.16. The third kappa shape index (κ3) is 3.60. The highest BCUT2D eigenvalue weighted by molar-refractivity contribution is 8.20. The second-order valence-corrected chi connectivity index (χ2v) is 8.94. The van der Waals surface area contributed by atoms with Gasteiger partial charge in [0, 0.05) is 11.9 Å². The number of carbonyl (C=O) groups excluding carboxylic acids is 1. The van der Waals surface area contributed by atoms with Crippen molar-refractivity contribution in [1.82, 2.24) is 0 Å². The number of carbonyl (C=O) groups is 1. The molecular weight excluding hydrogens is 426 g/mol. The third-order valence-corrected chi connectivity index (χ3v) is 7.42. The van der Waals surface area contributed by atoms with E-state index in [1.165, 1.54) is 11.8 Å². The van der Waals surface area contributed by atoms with E-state index in [1.807, 2.05) is 73.8 Å². The summed E-state index contributed by atoms with van der Waals surface area (Å²) in [6, 6.07) is 25.3. The number of nitrogens with zero attached hydrogens (tertiary/aromatic N) is 3. The van der Waals surface area contributed by atoms with Crippen molar-refractivity contribution in [3.63, 3.8) is 0 Å².